The smallest absolute Gasteiger partial charge is 0.321 e. The monoisotopic (exact) mass is 232 g/mol. The van der Waals surface area contributed by atoms with Crippen molar-refractivity contribution in [2.45, 2.75) is 6.54 Å². The lowest BCUT2D eigenvalue weighted by atomic mass is 10.3. The van der Waals surface area contributed by atoms with E-state index in [1.807, 2.05) is 18.2 Å². The van der Waals surface area contributed by atoms with Crippen LogP contribution in [0.4, 0.5) is 10.7 Å². The molecule has 2 aromatic heterocycles. The normalized spacial score (nSPS) is 9.94. The van der Waals surface area contributed by atoms with Crippen LogP contribution in [-0.2, 0) is 13.6 Å². The van der Waals surface area contributed by atoms with Gasteiger partial charge in [0.2, 0.25) is 5.95 Å². The molecule has 0 aliphatic carbocycles. The lowest BCUT2D eigenvalue weighted by Crippen LogP contribution is -2.29. The van der Waals surface area contributed by atoms with Crippen LogP contribution in [0.2, 0.25) is 0 Å². The number of nitrogens with one attached hydrogen (secondary N) is 2. The molecule has 0 fully saturated rings. The number of nitrogens with zero attached hydrogens (tertiary/aromatic N) is 4. The summed E-state index contributed by atoms with van der Waals surface area (Å²) < 4.78 is 1.51. The molecule has 0 spiro atoms. The van der Waals surface area contributed by atoms with Crippen LogP contribution in [0.15, 0.2) is 30.7 Å². The van der Waals surface area contributed by atoms with Crippen molar-refractivity contribution < 1.29 is 4.79 Å². The lowest BCUT2D eigenvalue weighted by Gasteiger charge is -2.03. The van der Waals surface area contributed by atoms with E-state index in [0.717, 1.165) is 5.69 Å². The van der Waals surface area contributed by atoms with Gasteiger partial charge in [0.15, 0.2) is 0 Å². The van der Waals surface area contributed by atoms with Crippen molar-refractivity contribution in [3.63, 3.8) is 0 Å². The molecule has 2 N–H and O–H groups in total. The molecule has 0 aliphatic heterocycles. The molecule has 0 aromatic carbocycles. The van der Waals surface area contributed by atoms with Gasteiger partial charge in [-0.05, 0) is 12.1 Å². The Morgan fingerprint density at radius 2 is 2.29 bits per heavy atom. The fourth-order valence-electron chi connectivity index (χ4n) is 1.22. The van der Waals surface area contributed by atoms with Crippen LogP contribution in [0.25, 0.3) is 0 Å². The Kier molecular flexibility index (Phi) is 3.29. The Bertz CT molecular complexity index is 495. The van der Waals surface area contributed by atoms with Crippen LogP contribution in [-0.4, -0.2) is 25.8 Å². The number of anilines is 1. The molecular formula is C10H12N6O. The molecule has 0 saturated heterocycles. The number of rotatable bonds is 3. The zero-order valence-corrected chi connectivity index (χ0v) is 9.29. The van der Waals surface area contributed by atoms with E-state index in [-0.39, 0.29) is 12.0 Å². The Labute approximate surface area is 97.9 Å². The van der Waals surface area contributed by atoms with E-state index in [1.165, 1.54) is 11.0 Å². The molecule has 0 saturated carbocycles. The molecule has 2 heterocycles. The Hall–Kier alpha value is -2.44. The summed E-state index contributed by atoms with van der Waals surface area (Å²) in [5, 5.41) is 9.09. The summed E-state index contributed by atoms with van der Waals surface area (Å²) in [6.45, 7) is 0.361. The van der Waals surface area contributed by atoms with E-state index < -0.39 is 0 Å². The van der Waals surface area contributed by atoms with Crippen LogP contribution in [0.5, 0.6) is 0 Å². The molecule has 2 aromatic rings. The van der Waals surface area contributed by atoms with Crippen molar-refractivity contribution in [1.82, 2.24) is 25.1 Å². The largest absolute Gasteiger partial charge is 0.332 e. The number of pyridine rings is 1. The molecular weight excluding hydrogens is 220 g/mol. The molecule has 0 unspecified atom stereocenters. The first-order valence-electron chi connectivity index (χ1n) is 5.04. The quantitative estimate of drug-likeness (QED) is 0.808. The van der Waals surface area contributed by atoms with E-state index in [4.69, 9.17) is 0 Å². The van der Waals surface area contributed by atoms with Crippen molar-refractivity contribution in [2.75, 3.05) is 5.32 Å². The average molecular weight is 232 g/mol. The van der Waals surface area contributed by atoms with E-state index in [1.54, 1.807) is 13.2 Å². The Morgan fingerprint density at radius 3 is 2.94 bits per heavy atom. The van der Waals surface area contributed by atoms with Gasteiger partial charge in [-0.1, -0.05) is 6.07 Å². The zero-order valence-electron chi connectivity index (χ0n) is 9.29. The van der Waals surface area contributed by atoms with E-state index in [2.05, 4.69) is 25.7 Å². The number of carbonyl (C=O) groups is 1. The van der Waals surface area contributed by atoms with E-state index >= 15 is 0 Å². The summed E-state index contributed by atoms with van der Waals surface area (Å²) in [6.07, 6.45) is 3.18. The van der Waals surface area contributed by atoms with Crippen LogP contribution in [0.3, 0.4) is 0 Å². The van der Waals surface area contributed by atoms with Crippen LogP contribution < -0.4 is 10.6 Å². The highest BCUT2D eigenvalue weighted by molar-refractivity contribution is 5.87. The van der Waals surface area contributed by atoms with Crippen molar-refractivity contribution in [2.24, 2.45) is 7.05 Å². The highest BCUT2D eigenvalue weighted by Crippen LogP contribution is 1.95. The number of aromatic nitrogens is 4. The number of carbonyl (C=O) groups excluding carboxylic acids is 1. The van der Waals surface area contributed by atoms with Gasteiger partial charge in [-0.2, -0.15) is 0 Å². The molecule has 7 nitrogen and oxygen atoms in total. The van der Waals surface area contributed by atoms with Gasteiger partial charge >= 0.3 is 6.03 Å². The number of hydrogen-bond donors (Lipinski definition) is 2. The van der Waals surface area contributed by atoms with Crippen molar-refractivity contribution >= 4 is 12.0 Å². The second kappa shape index (κ2) is 5.06. The minimum Gasteiger partial charge on any atom is -0.332 e. The van der Waals surface area contributed by atoms with Gasteiger partial charge in [0.05, 0.1) is 12.2 Å². The van der Waals surface area contributed by atoms with Crippen molar-refractivity contribution in [3.05, 3.63) is 36.4 Å². The maximum atomic E-state index is 11.5. The molecule has 7 heteroatoms. The van der Waals surface area contributed by atoms with Gasteiger partial charge in [0.1, 0.15) is 6.33 Å². The highest BCUT2D eigenvalue weighted by Gasteiger charge is 2.04. The number of urea groups is 1. The number of aryl methyl sites for hydroxylation is 1. The fraction of sp³-hybridized carbons (Fsp3) is 0.200. The zero-order chi connectivity index (χ0) is 12.1. The molecule has 0 aliphatic rings. The summed E-state index contributed by atoms with van der Waals surface area (Å²) in [7, 11) is 1.73. The predicted octanol–water partition coefficient (Wildman–Crippen LogP) is 0.532. The third-order valence-corrected chi connectivity index (χ3v) is 1.98. The summed E-state index contributed by atoms with van der Waals surface area (Å²) in [5.74, 6) is 0.269. The minimum absolute atomic E-state index is 0.269. The standard InChI is InChI=1S/C10H12N6O/c1-16-7-13-9(15-16)14-10(17)12-6-8-4-2-3-5-11-8/h2-5,7H,6H2,1H3,(H2,12,14,15,17). The highest BCUT2D eigenvalue weighted by atomic mass is 16.2. The maximum Gasteiger partial charge on any atom is 0.321 e. The second-order valence-corrected chi connectivity index (χ2v) is 3.37. The fourth-order valence-corrected chi connectivity index (χ4v) is 1.22. The maximum absolute atomic E-state index is 11.5. The number of amides is 2. The van der Waals surface area contributed by atoms with Gasteiger partial charge in [-0.15, -0.1) is 5.10 Å². The third-order valence-electron chi connectivity index (χ3n) is 1.98. The summed E-state index contributed by atoms with van der Waals surface area (Å²) >= 11 is 0. The first-order valence-corrected chi connectivity index (χ1v) is 5.04. The molecule has 0 atom stereocenters. The van der Waals surface area contributed by atoms with Gasteiger partial charge in [-0.25, -0.2) is 9.78 Å². The van der Waals surface area contributed by atoms with Crippen LogP contribution >= 0.6 is 0 Å². The van der Waals surface area contributed by atoms with E-state index in [0.29, 0.717) is 6.54 Å². The van der Waals surface area contributed by atoms with Gasteiger partial charge < -0.3 is 5.32 Å². The molecule has 2 amide bonds. The van der Waals surface area contributed by atoms with E-state index in [9.17, 15) is 4.79 Å². The molecule has 17 heavy (non-hydrogen) atoms. The molecule has 88 valence electrons. The molecule has 0 bridgehead atoms. The SMILES string of the molecule is Cn1cnc(NC(=O)NCc2ccccn2)n1. The van der Waals surface area contributed by atoms with Crippen molar-refractivity contribution in [1.29, 1.82) is 0 Å². The summed E-state index contributed by atoms with van der Waals surface area (Å²) in [4.78, 5) is 19.4. The minimum atomic E-state index is -0.359. The second-order valence-electron chi connectivity index (χ2n) is 3.37. The van der Waals surface area contributed by atoms with Crippen molar-refractivity contribution in [3.8, 4) is 0 Å². The average Bonchev–Trinajstić information content (AvgIpc) is 2.73. The Morgan fingerprint density at radius 1 is 1.41 bits per heavy atom. The van der Waals surface area contributed by atoms with Crippen LogP contribution in [0.1, 0.15) is 5.69 Å². The predicted molar refractivity (Wildman–Crippen MR) is 61.1 cm³/mol. The van der Waals surface area contributed by atoms with Gasteiger partial charge in [-0.3, -0.25) is 15.0 Å². The molecule has 0 radical (unpaired) electrons. The first-order chi connectivity index (χ1) is 8.24. The topological polar surface area (TPSA) is 84.7 Å². The van der Waals surface area contributed by atoms with Gasteiger partial charge in [0.25, 0.3) is 0 Å². The Balaban J connectivity index is 1.82. The first kappa shape index (κ1) is 11.1. The lowest BCUT2D eigenvalue weighted by molar-refractivity contribution is 0.251. The van der Waals surface area contributed by atoms with Gasteiger partial charge in [0, 0.05) is 13.2 Å². The van der Waals surface area contributed by atoms with Crippen LogP contribution in [0, 0.1) is 0 Å². The third kappa shape index (κ3) is 3.26. The summed E-state index contributed by atoms with van der Waals surface area (Å²) in [5.41, 5.74) is 0.789. The number of hydrogen-bond acceptors (Lipinski definition) is 4. The summed E-state index contributed by atoms with van der Waals surface area (Å²) in [6, 6.07) is 5.16. The molecule has 2 rings (SSSR count).